The second-order valence-electron chi connectivity index (χ2n) is 7.17. The molecular formula is C18H17BrClF3N4O3. The SMILES string of the molecule is O=C(c1nc2c(C(F)(F)F)cc(Br)cn2c1Cl)N1CCN(C2CCOCC2)C(=O)C1. The molecule has 0 aliphatic carbocycles. The standard InChI is InChI=1S/C18H17BrClF3N4O3/c19-10-7-12(18(21,22)23)16-24-14(15(20)27(16)8-10)17(29)25-3-4-26(13(28)9-25)11-1-5-30-6-2-11/h7-8,11H,1-6,9H2. The van der Waals surface area contributed by atoms with Crippen molar-refractivity contribution in [1.29, 1.82) is 0 Å². The number of pyridine rings is 1. The molecule has 0 radical (unpaired) electrons. The summed E-state index contributed by atoms with van der Waals surface area (Å²) in [5.41, 5.74) is -1.79. The van der Waals surface area contributed by atoms with Crippen LogP contribution in [0.5, 0.6) is 0 Å². The number of hydrogen-bond donors (Lipinski definition) is 0. The maximum absolute atomic E-state index is 13.4. The highest BCUT2D eigenvalue weighted by Crippen LogP contribution is 2.36. The largest absolute Gasteiger partial charge is 0.420 e. The van der Waals surface area contributed by atoms with Crippen LogP contribution in [0.25, 0.3) is 5.65 Å². The van der Waals surface area contributed by atoms with Gasteiger partial charge in [0.1, 0.15) is 11.7 Å². The van der Waals surface area contributed by atoms with Gasteiger partial charge < -0.3 is 14.5 Å². The van der Waals surface area contributed by atoms with E-state index in [2.05, 4.69) is 20.9 Å². The molecule has 2 aromatic rings. The van der Waals surface area contributed by atoms with Crippen LogP contribution in [0.1, 0.15) is 28.9 Å². The van der Waals surface area contributed by atoms with Gasteiger partial charge in [0.15, 0.2) is 11.3 Å². The number of alkyl halides is 3. The van der Waals surface area contributed by atoms with Gasteiger partial charge in [-0.3, -0.25) is 14.0 Å². The lowest BCUT2D eigenvalue weighted by atomic mass is 10.1. The number of halogens is 5. The molecule has 4 heterocycles. The Kier molecular flexibility index (Phi) is 5.71. The normalized spacial score (nSPS) is 19.0. The number of imidazole rings is 1. The molecule has 30 heavy (non-hydrogen) atoms. The molecule has 4 rings (SSSR count). The molecule has 12 heteroatoms. The summed E-state index contributed by atoms with van der Waals surface area (Å²) in [6.45, 7) is 1.60. The predicted molar refractivity (Wildman–Crippen MR) is 104 cm³/mol. The molecule has 2 saturated heterocycles. The van der Waals surface area contributed by atoms with Gasteiger partial charge in [0.2, 0.25) is 5.91 Å². The number of fused-ring (bicyclic) bond motifs is 1. The number of carbonyl (C=O) groups is 2. The van der Waals surface area contributed by atoms with Crippen molar-refractivity contribution in [3.05, 3.63) is 33.1 Å². The van der Waals surface area contributed by atoms with E-state index in [4.69, 9.17) is 16.3 Å². The fourth-order valence-corrected chi connectivity index (χ4v) is 4.51. The Morgan fingerprint density at radius 1 is 1.27 bits per heavy atom. The molecule has 0 aromatic carbocycles. The summed E-state index contributed by atoms with van der Waals surface area (Å²) in [5.74, 6) is -0.881. The number of aromatic nitrogens is 2. The van der Waals surface area contributed by atoms with E-state index in [0.29, 0.717) is 19.8 Å². The topological polar surface area (TPSA) is 67.2 Å². The van der Waals surface area contributed by atoms with Crippen LogP contribution >= 0.6 is 27.5 Å². The zero-order valence-corrected chi connectivity index (χ0v) is 17.9. The number of carbonyl (C=O) groups excluding carboxylic acids is 2. The molecule has 0 unspecified atom stereocenters. The second kappa shape index (κ2) is 8.01. The van der Waals surface area contributed by atoms with Crippen LogP contribution in [-0.4, -0.2) is 69.9 Å². The zero-order chi connectivity index (χ0) is 21.6. The lowest BCUT2D eigenvalue weighted by Crippen LogP contribution is -2.56. The lowest BCUT2D eigenvalue weighted by molar-refractivity contribution is -0.139. The van der Waals surface area contributed by atoms with Gasteiger partial charge in [-0.15, -0.1) is 0 Å². The fourth-order valence-electron chi connectivity index (χ4n) is 3.82. The Hall–Kier alpha value is -1.85. The minimum absolute atomic E-state index is 0.0778. The van der Waals surface area contributed by atoms with Crippen LogP contribution < -0.4 is 0 Å². The van der Waals surface area contributed by atoms with E-state index in [1.165, 1.54) is 11.1 Å². The number of ether oxygens (including phenoxy) is 1. The van der Waals surface area contributed by atoms with Crippen LogP contribution in [0.2, 0.25) is 5.15 Å². The fraction of sp³-hybridized carbons (Fsp3) is 0.500. The van der Waals surface area contributed by atoms with E-state index in [1.54, 1.807) is 4.90 Å². The van der Waals surface area contributed by atoms with Gasteiger partial charge in [0.05, 0.1) is 5.56 Å². The minimum atomic E-state index is -4.68. The summed E-state index contributed by atoms with van der Waals surface area (Å²) < 4.78 is 46.7. The summed E-state index contributed by atoms with van der Waals surface area (Å²) in [6, 6.07) is 0.956. The highest BCUT2D eigenvalue weighted by atomic mass is 79.9. The molecule has 0 bridgehead atoms. The van der Waals surface area contributed by atoms with Gasteiger partial charge in [0, 0.05) is 43.0 Å². The van der Waals surface area contributed by atoms with E-state index >= 15 is 0 Å². The smallest absolute Gasteiger partial charge is 0.381 e. The number of piperazine rings is 1. The van der Waals surface area contributed by atoms with Gasteiger partial charge in [-0.25, -0.2) is 4.98 Å². The van der Waals surface area contributed by atoms with Crippen LogP contribution in [0.4, 0.5) is 13.2 Å². The number of amides is 2. The molecule has 0 atom stereocenters. The summed E-state index contributed by atoms with van der Waals surface area (Å²) in [6.07, 6.45) is -1.88. The Balaban J connectivity index is 1.60. The summed E-state index contributed by atoms with van der Waals surface area (Å²) in [7, 11) is 0. The van der Waals surface area contributed by atoms with Gasteiger partial charge in [0.25, 0.3) is 5.91 Å². The quantitative estimate of drug-likeness (QED) is 0.624. The summed E-state index contributed by atoms with van der Waals surface area (Å²) in [5, 5.41) is -0.235. The first-order valence-electron chi connectivity index (χ1n) is 9.27. The first-order chi connectivity index (χ1) is 14.2. The molecule has 0 spiro atoms. The summed E-state index contributed by atoms with van der Waals surface area (Å²) >= 11 is 9.23. The lowest BCUT2D eigenvalue weighted by Gasteiger charge is -2.40. The Morgan fingerprint density at radius 3 is 2.60 bits per heavy atom. The van der Waals surface area contributed by atoms with Crippen molar-refractivity contribution in [2.45, 2.75) is 25.1 Å². The average Bonchev–Trinajstić information content (AvgIpc) is 3.03. The molecule has 2 fully saturated rings. The number of nitrogens with zero attached hydrogens (tertiary/aromatic N) is 4. The Bertz CT molecular complexity index is 1010. The summed E-state index contributed by atoms with van der Waals surface area (Å²) in [4.78, 5) is 32.5. The van der Waals surface area contributed by atoms with E-state index in [-0.39, 0.29) is 40.4 Å². The van der Waals surface area contributed by atoms with Gasteiger partial charge >= 0.3 is 6.18 Å². The van der Waals surface area contributed by atoms with Crippen molar-refractivity contribution in [2.75, 3.05) is 32.8 Å². The second-order valence-corrected chi connectivity index (χ2v) is 8.45. The molecule has 162 valence electrons. The van der Waals surface area contributed by atoms with E-state index < -0.39 is 23.3 Å². The Morgan fingerprint density at radius 2 is 1.97 bits per heavy atom. The number of rotatable bonds is 2. The van der Waals surface area contributed by atoms with Crippen LogP contribution in [0.3, 0.4) is 0 Å². The van der Waals surface area contributed by atoms with Crippen molar-refractivity contribution < 1.29 is 27.5 Å². The maximum atomic E-state index is 13.4. The van der Waals surface area contributed by atoms with Crippen molar-refractivity contribution in [3.63, 3.8) is 0 Å². The average molecular weight is 510 g/mol. The molecule has 0 saturated carbocycles. The van der Waals surface area contributed by atoms with Gasteiger partial charge in [-0.05, 0) is 34.8 Å². The maximum Gasteiger partial charge on any atom is 0.420 e. The Labute approximate surface area is 182 Å². The van der Waals surface area contributed by atoms with Crippen molar-refractivity contribution in [2.24, 2.45) is 0 Å². The third-order valence-corrected chi connectivity index (χ3v) is 6.11. The molecule has 2 aliphatic heterocycles. The van der Waals surface area contributed by atoms with Crippen LogP contribution in [0.15, 0.2) is 16.7 Å². The third-order valence-electron chi connectivity index (χ3n) is 5.31. The van der Waals surface area contributed by atoms with Crippen LogP contribution in [-0.2, 0) is 15.7 Å². The van der Waals surface area contributed by atoms with Crippen molar-refractivity contribution in [3.8, 4) is 0 Å². The molecule has 2 aliphatic rings. The molecule has 0 N–H and O–H groups in total. The first kappa shape index (κ1) is 21.4. The molecule has 2 aromatic heterocycles. The van der Waals surface area contributed by atoms with E-state index in [1.807, 2.05) is 0 Å². The van der Waals surface area contributed by atoms with E-state index in [0.717, 1.165) is 23.3 Å². The van der Waals surface area contributed by atoms with Crippen molar-refractivity contribution in [1.82, 2.24) is 19.2 Å². The molecular weight excluding hydrogens is 493 g/mol. The third kappa shape index (κ3) is 3.90. The monoisotopic (exact) mass is 508 g/mol. The van der Waals surface area contributed by atoms with Crippen molar-refractivity contribution >= 4 is 45.0 Å². The minimum Gasteiger partial charge on any atom is -0.381 e. The highest BCUT2D eigenvalue weighted by molar-refractivity contribution is 9.10. The van der Waals surface area contributed by atoms with Gasteiger partial charge in [-0.2, -0.15) is 13.2 Å². The zero-order valence-electron chi connectivity index (χ0n) is 15.6. The van der Waals surface area contributed by atoms with Crippen LogP contribution in [0, 0.1) is 0 Å². The first-order valence-corrected chi connectivity index (χ1v) is 10.4. The van der Waals surface area contributed by atoms with Gasteiger partial charge in [-0.1, -0.05) is 11.6 Å². The molecule has 2 amide bonds. The number of hydrogen-bond acceptors (Lipinski definition) is 4. The molecule has 7 nitrogen and oxygen atoms in total. The highest BCUT2D eigenvalue weighted by Gasteiger charge is 2.38. The predicted octanol–water partition coefficient (Wildman–Crippen LogP) is 3.23. The van der Waals surface area contributed by atoms with E-state index in [9.17, 15) is 22.8 Å².